The van der Waals surface area contributed by atoms with Gasteiger partial charge in [0, 0.05) is 5.56 Å². The highest BCUT2D eigenvalue weighted by molar-refractivity contribution is 5.51. The highest BCUT2D eigenvalue weighted by atomic mass is 16.3. The second-order valence-corrected chi connectivity index (χ2v) is 8.26. The van der Waals surface area contributed by atoms with E-state index in [1.807, 2.05) is 13.0 Å². The first-order valence-corrected chi connectivity index (χ1v) is 8.75. The smallest absolute Gasteiger partial charge is 0.123 e. The van der Waals surface area contributed by atoms with Gasteiger partial charge in [-0.05, 0) is 53.4 Å². The molecular weight excluding hydrogens is 272 g/mol. The maximum absolute atomic E-state index is 10.9. The van der Waals surface area contributed by atoms with Crippen LogP contribution in [0.2, 0.25) is 0 Å². The Morgan fingerprint density at radius 1 is 1.14 bits per heavy atom. The quantitative estimate of drug-likeness (QED) is 0.789. The van der Waals surface area contributed by atoms with Gasteiger partial charge in [-0.3, -0.25) is 0 Å². The third-order valence-corrected chi connectivity index (χ3v) is 5.32. The molecule has 2 nitrogen and oxygen atoms in total. The molecule has 1 aromatic rings. The van der Waals surface area contributed by atoms with E-state index in [1.54, 1.807) is 0 Å². The van der Waals surface area contributed by atoms with E-state index in [4.69, 9.17) is 0 Å². The Labute approximate surface area is 135 Å². The van der Waals surface area contributed by atoms with Gasteiger partial charge < -0.3 is 10.2 Å². The maximum atomic E-state index is 10.9. The van der Waals surface area contributed by atoms with Crippen LogP contribution in [-0.4, -0.2) is 10.2 Å². The summed E-state index contributed by atoms with van der Waals surface area (Å²) in [6.45, 7) is 10.6. The van der Waals surface area contributed by atoms with E-state index in [0.717, 1.165) is 29.5 Å². The van der Waals surface area contributed by atoms with E-state index in [9.17, 15) is 10.2 Å². The first-order valence-electron chi connectivity index (χ1n) is 8.75. The van der Waals surface area contributed by atoms with Crippen LogP contribution in [0.3, 0.4) is 0 Å². The van der Waals surface area contributed by atoms with E-state index >= 15 is 0 Å². The summed E-state index contributed by atoms with van der Waals surface area (Å²) in [5.74, 6) is 0.448. The van der Waals surface area contributed by atoms with E-state index in [-0.39, 0.29) is 10.8 Å². The molecule has 1 fully saturated rings. The Hall–Kier alpha value is -1.02. The summed E-state index contributed by atoms with van der Waals surface area (Å²) in [6, 6.07) is 4.06. The minimum atomic E-state index is -0.451. The van der Waals surface area contributed by atoms with E-state index < -0.39 is 6.10 Å². The zero-order valence-electron chi connectivity index (χ0n) is 14.9. The molecule has 0 bridgehead atoms. The number of aromatic hydroxyl groups is 1. The summed E-state index contributed by atoms with van der Waals surface area (Å²) in [5, 5.41) is 21.3. The van der Waals surface area contributed by atoms with Gasteiger partial charge in [-0.25, -0.2) is 0 Å². The molecule has 0 saturated heterocycles. The normalized spacial score (nSPS) is 19.9. The van der Waals surface area contributed by atoms with Gasteiger partial charge in [-0.15, -0.1) is 0 Å². The molecule has 0 aliphatic heterocycles. The van der Waals surface area contributed by atoms with Gasteiger partial charge in [0.15, 0.2) is 0 Å². The summed E-state index contributed by atoms with van der Waals surface area (Å²) in [6.07, 6.45) is 6.23. The van der Waals surface area contributed by atoms with Crippen molar-refractivity contribution in [3.63, 3.8) is 0 Å². The van der Waals surface area contributed by atoms with Crippen molar-refractivity contribution in [1.82, 2.24) is 0 Å². The van der Waals surface area contributed by atoms with E-state index in [1.165, 1.54) is 19.3 Å². The van der Waals surface area contributed by atoms with Crippen molar-refractivity contribution in [2.75, 3.05) is 0 Å². The number of phenolic OH excluding ortho intramolecular Hbond substituents is 1. The molecule has 0 radical (unpaired) electrons. The molecule has 0 spiro atoms. The summed E-state index contributed by atoms with van der Waals surface area (Å²) in [4.78, 5) is 0. The summed E-state index contributed by atoms with van der Waals surface area (Å²) in [7, 11) is 0. The van der Waals surface area contributed by atoms with Crippen LogP contribution in [0.25, 0.3) is 0 Å². The Kier molecular flexibility index (Phi) is 4.91. The van der Waals surface area contributed by atoms with Gasteiger partial charge in [0.1, 0.15) is 5.75 Å². The number of phenols is 1. The van der Waals surface area contributed by atoms with Gasteiger partial charge in [-0.2, -0.15) is 0 Å². The number of aliphatic hydroxyl groups excluding tert-OH is 1. The number of benzene rings is 1. The third kappa shape index (κ3) is 3.32. The second-order valence-electron chi connectivity index (χ2n) is 8.26. The topological polar surface area (TPSA) is 40.5 Å². The monoisotopic (exact) mass is 304 g/mol. The maximum Gasteiger partial charge on any atom is 0.123 e. The van der Waals surface area contributed by atoms with Gasteiger partial charge in [0.25, 0.3) is 0 Å². The molecule has 1 saturated carbocycles. The highest BCUT2D eigenvalue weighted by Gasteiger charge is 2.34. The first kappa shape index (κ1) is 17.3. The minimum Gasteiger partial charge on any atom is -0.507 e. The van der Waals surface area contributed by atoms with Crippen LogP contribution in [0.5, 0.6) is 5.75 Å². The largest absolute Gasteiger partial charge is 0.507 e. The van der Waals surface area contributed by atoms with Crippen LogP contribution < -0.4 is 0 Å². The average Bonchev–Trinajstić information content (AvgIpc) is 2.46. The lowest BCUT2D eigenvalue weighted by Crippen LogP contribution is -2.26. The average molecular weight is 304 g/mol. The lowest BCUT2D eigenvalue weighted by molar-refractivity contribution is 0.173. The molecule has 1 aliphatic rings. The van der Waals surface area contributed by atoms with Crippen LogP contribution >= 0.6 is 0 Å². The summed E-state index contributed by atoms with van der Waals surface area (Å²) in [5.41, 5.74) is 2.85. The van der Waals surface area contributed by atoms with Gasteiger partial charge >= 0.3 is 0 Å². The minimum absolute atomic E-state index is 0.0335. The second kappa shape index (κ2) is 6.23. The molecule has 0 heterocycles. The fourth-order valence-electron chi connectivity index (χ4n) is 3.72. The van der Waals surface area contributed by atoms with Crippen molar-refractivity contribution >= 4 is 0 Å². The lowest BCUT2D eigenvalue weighted by Gasteiger charge is -2.37. The molecule has 2 rings (SSSR count). The van der Waals surface area contributed by atoms with Gasteiger partial charge in [0.2, 0.25) is 0 Å². The number of hydrogen-bond acceptors (Lipinski definition) is 2. The van der Waals surface area contributed by atoms with Crippen molar-refractivity contribution in [2.45, 2.75) is 90.1 Å². The van der Waals surface area contributed by atoms with E-state index in [2.05, 4.69) is 33.8 Å². The molecule has 0 amide bonds. The Bertz CT molecular complexity index is 519. The van der Waals surface area contributed by atoms with Crippen LogP contribution in [0.4, 0.5) is 0 Å². The Balaban J connectivity index is 2.61. The molecule has 1 atom stereocenters. The van der Waals surface area contributed by atoms with Crippen molar-refractivity contribution in [3.8, 4) is 5.75 Å². The van der Waals surface area contributed by atoms with Crippen LogP contribution in [0.15, 0.2) is 12.1 Å². The number of aliphatic hydroxyl groups is 1. The Morgan fingerprint density at radius 2 is 1.73 bits per heavy atom. The van der Waals surface area contributed by atoms with Crippen LogP contribution in [0.1, 0.15) is 95.9 Å². The van der Waals surface area contributed by atoms with Crippen molar-refractivity contribution in [1.29, 1.82) is 0 Å². The fraction of sp³-hybridized carbons (Fsp3) is 0.700. The molecule has 1 aliphatic carbocycles. The molecule has 2 heteroatoms. The number of hydrogen-bond donors (Lipinski definition) is 2. The molecule has 0 aromatic heterocycles. The SMILES string of the molecule is CCC(O)c1cc(C(C)(C)C)c(O)c(C2(C)CCCCC2)c1. The number of rotatable bonds is 3. The molecule has 1 aromatic carbocycles. The Morgan fingerprint density at radius 3 is 2.23 bits per heavy atom. The molecule has 22 heavy (non-hydrogen) atoms. The first-order chi connectivity index (χ1) is 10.2. The van der Waals surface area contributed by atoms with Crippen LogP contribution in [0, 0.1) is 0 Å². The van der Waals surface area contributed by atoms with Crippen molar-refractivity contribution in [2.24, 2.45) is 0 Å². The summed E-state index contributed by atoms with van der Waals surface area (Å²) < 4.78 is 0. The van der Waals surface area contributed by atoms with E-state index in [0.29, 0.717) is 12.2 Å². The standard InChI is InChI=1S/C20H32O2/c1-6-17(21)14-12-15(19(2,3)4)18(22)16(13-14)20(5)10-8-7-9-11-20/h12-13,17,21-22H,6-11H2,1-5H3. The molecule has 124 valence electrons. The molecular formula is C20H32O2. The van der Waals surface area contributed by atoms with Gasteiger partial charge in [-0.1, -0.05) is 53.9 Å². The van der Waals surface area contributed by atoms with Gasteiger partial charge in [0.05, 0.1) is 6.10 Å². The predicted octanol–water partition coefficient (Wildman–Crippen LogP) is 5.35. The predicted molar refractivity (Wildman–Crippen MR) is 92.5 cm³/mol. The zero-order chi connectivity index (χ0) is 16.5. The van der Waals surface area contributed by atoms with Crippen molar-refractivity contribution in [3.05, 3.63) is 28.8 Å². The highest BCUT2D eigenvalue weighted by Crippen LogP contribution is 2.47. The third-order valence-electron chi connectivity index (χ3n) is 5.32. The zero-order valence-corrected chi connectivity index (χ0v) is 14.9. The lowest BCUT2D eigenvalue weighted by atomic mass is 9.68. The molecule has 1 unspecified atom stereocenters. The fourth-order valence-corrected chi connectivity index (χ4v) is 3.72. The molecule has 2 N–H and O–H groups in total. The van der Waals surface area contributed by atoms with Crippen molar-refractivity contribution < 1.29 is 10.2 Å². The summed E-state index contributed by atoms with van der Waals surface area (Å²) >= 11 is 0. The van der Waals surface area contributed by atoms with Crippen LogP contribution in [-0.2, 0) is 10.8 Å².